The van der Waals surface area contributed by atoms with E-state index >= 15 is 0 Å². The van der Waals surface area contributed by atoms with Crippen molar-refractivity contribution in [2.45, 2.75) is 11.8 Å². The van der Waals surface area contributed by atoms with Crippen LogP contribution in [0.1, 0.15) is 5.89 Å². The van der Waals surface area contributed by atoms with Gasteiger partial charge in [0, 0.05) is 10.6 Å². The molecule has 0 bridgehead atoms. The summed E-state index contributed by atoms with van der Waals surface area (Å²) in [4.78, 5) is 20.3. The number of esters is 1. The van der Waals surface area contributed by atoms with Gasteiger partial charge in [-0.15, -0.1) is 0 Å². The Hall–Kier alpha value is -2.77. The number of thioether (sulfide) groups is 1. The highest BCUT2D eigenvalue weighted by Gasteiger charge is 2.12. The zero-order valence-electron chi connectivity index (χ0n) is 13.9. The number of carbonyl (C=O) groups is 1. The van der Waals surface area contributed by atoms with Crippen molar-refractivity contribution in [3.63, 3.8) is 0 Å². The molecule has 0 amide bonds. The number of fused-ring (bicyclic) bond motifs is 1. The number of rotatable bonds is 6. The quantitative estimate of drug-likeness (QED) is 0.334. The lowest BCUT2D eigenvalue weighted by molar-refractivity contribution is -0.142. The number of aromatic nitrogens is 2. The summed E-state index contributed by atoms with van der Waals surface area (Å²) in [5.41, 5.74) is 2.28. The first kappa shape index (κ1) is 17.6. The van der Waals surface area contributed by atoms with Crippen LogP contribution in [0, 0.1) is 0 Å². The van der Waals surface area contributed by atoms with Crippen LogP contribution in [0.25, 0.3) is 22.4 Å². The van der Waals surface area contributed by atoms with Gasteiger partial charge < -0.3 is 13.6 Å². The monoisotopic (exact) mass is 400 g/mol. The standard InChI is InChI=1S/C19H13ClN2O4S/c20-13-7-5-12(6-8-13)16-9-21-17(25-16)10-24-18(23)11-27-19-22-14-3-1-2-4-15(14)26-19/h1-9H,10-11H2. The van der Waals surface area contributed by atoms with Gasteiger partial charge in [0.05, 0.1) is 6.20 Å². The fourth-order valence-electron chi connectivity index (χ4n) is 2.34. The number of hydrogen-bond donors (Lipinski definition) is 0. The zero-order valence-corrected chi connectivity index (χ0v) is 15.5. The number of halogens is 1. The van der Waals surface area contributed by atoms with Crippen molar-refractivity contribution in [3.05, 3.63) is 65.6 Å². The number of oxazole rings is 2. The van der Waals surface area contributed by atoms with E-state index in [2.05, 4.69) is 9.97 Å². The van der Waals surface area contributed by atoms with Crippen molar-refractivity contribution >= 4 is 40.4 Å². The molecule has 2 aromatic heterocycles. The SMILES string of the molecule is O=C(CSc1nc2ccccc2o1)OCc1ncc(-c2ccc(Cl)cc2)o1. The second-order valence-corrected chi connectivity index (χ2v) is 6.89. The Kier molecular flexibility index (Phi) is 5.13. The molecular weight excluding hydrogens is 388 g/mol. The van der Waals surface area contributed by atoms with Crippen molar-refractivity contribution < 1.29 is 18.4 Å². The fraction of sp³-hybridized carbons (Fsp3) is 0.105. The molecule has 0 N–H and O–H groups in total. The number of benzene rings is 2. The van der Waals surface area contributed by atoms with Crippen molar-refractivity contribution in [1.82, 2.24) is 9.97 Å². The van der Waals surface area contributed by atoms with E-state index in [4.69, 9.17) is 25.2 Å². The van der Waals surface area contributed by atoms with Crippen LogP contribution in [-0.2, 0) is 16.1 Å². The van der Waals surface area contributed by atoms with Crippen LogP contribution in [0.4, 0.5) is 0 Å². The average molecular weight is 401 g/mol. The Morgan fingerprint density at radius 2 is 1.93 bits per heavy atom. The van der Waals surface area contributed by atoms with Crippen LogP contribution < -0.4 is 0 Å². The van der Waals surface area contributed by atoms with Crippen LogP contribution in [0.5, 0.6) is 0 Å². The molecule has 0 aliphatic heterocycles. The highest BCUT2D eigenvalue weighted by atomic mass is 35.5. The summed E-state index contributed by atoms with van der Waals surface area (Å²) >= 11 is 7.05. The van der Waals surface area contributed by atoms with Gasteiger partial charge in [0.15, 0.2) is 18.0 Å². The summed E-state index contributed by atoms with van der Waals surface area (Å²) in [6.07, 6.45) is 1.58. The van der Waals surface area contributed by atoms with Gasteiger partial charge in [-0.25, -0.2) is 9.97 Å². The summed E-state index contributed by atoms with van der Waals surface area (Å²) in [6.45, 7) is -0.0411. The van der Waals surface area contributed by atoms with Crippen molar-refractivity contribution in [1.29, 1.82) is 0 Å². The second-order valence-electron chi connectivity index (χ2n) is 5.52. The third-order valence-electron chi connectivity index (χ3n) is 3.63. The predicted octanol–water partition coefficient (Wildman–Crippen LogP) is 4.97. The van der Waals surface area contributed by atoms with Crippen LogP contribution in [-0.4, -0.2) is 21.7 Å². The molecule has 0 unspecified atom stereocenters. The Labute approximate surface area is 163 Å². The summed E-state index contributed by atoms with van der Waals surface area (Å²) < 4.78 is 16.3. The molecule has 0 fully saturated rings. The van der Waals surface area contributed by atoms with Crippen molar-refractivity contribution in [2.24, 2.45) is 0 Å². The molecule has 0 saturated carbocycles. The van der Waals surface area contributed by atoms with Crippen LogP contribution in [0.3, 0.4) is 0 Å². The number of ether oxygens (including phenoxy) is 1. The van der Waals surface area contributed by atoms with Gasteiger partial charge in [0.25, 0.3) is 5.22 Å². The minimum atomic E-state index is -0.409. The first-order chi connectivity index (χ1) is 13.2. The molecule has 6 nitrogen and oxygen atoms in total. The third kappa shape index (κ3) is 4.32. The zero-order chi connectivity index (χ0) is 18.6. The van der Waals surface area contributed by atoms with Gasteiger partial charge in [0.1, 0.15) is 11.3 Å². The first-order valence-electron chi connectivity index (χ1n) is 8.02. The molecular formula is C19H13ClN2O4S. The van der Waals surface area contributed by atoms with Crippen LogP contribution in [0.2, 0.25) is 5.02 Å². The van der Waals surface area contributed by atoms with E-state index in [-0.39, 0.29) is 12.4 Å². The van der Waals surface area contributed by atoms with E-state index in [0.29, 0.717) is 27.5 Å². The molecule has 4 aromatic rings. The summed E-state index contributed by atoms with van der Waals surface area (Å²) in [5, 5.41) is 1.07. The lowest BCUT2D eigenvalue weighted by atomic mass is 10.2. The topological polar surface area (TPSA) is 78.4 Å². The van der Waals surface area contributed by atoms with E-state index in [1.54, 1.807) is 18.3 Å². The summed E-state index contributed by atoms with van der Waals surface area (Å²) in [5.74, 6) is 0.574. The molecule has 0 aliphatic carbocycles. The van der Waals surface area contributed by atoms with E-state index < -0.39 is 5.97 Å². The van der Waals surface area contributed by atoms with Gasteiger partial charge in [-0.05, 0) is 36.4 Å². The van der Waals surface area contributed by atoms with Crippen molar-refractivity contribution in [2.75, 3.05) is 5.75 Å². The Morgan fingerprint density at radius 1 is 1.11 bits per heavy atom. The molecule has 0 radical (unpaired) electrons. The molecule has 2 heterocycles. The third-order valence-corrected chi connectivity index (χ3v) is 4.68. The maximum absolute atomic E-state index is 11.9. The van der Waals surface area contributed by atoms with Gasteiger partial charge in [-0.2, -0.15) is 0 Å². The largest absolute Gasteiger partial charge is 0.455 e. The smallest absolute Gasteiger partial charge is 0.316 e. The van der Waals surface area contributed by atoms with Crippen molar-refractivity contribution in [3.8, 4) is 11.3 Å². The predicted molar refractivity (Wildman–Crippen MR) is 101 cm³/mol. The van der Waals surface area contributed by atoms with E-state index in [0.717, 1.165) is 11.1 Å². The van der Waals surface area contributed by atoms with E-state index in [1.165, 1.54) is 11.8 Å². The van der Waals surface area contributed by atoms with Gasteiger partial charge in [-0.3, -0.25) is 4.79 Å². The molecule has 2 aromatic carbocycles. The maximum Gasteiger partial charge on any atom is 0.316 e. The van der Waals surface area contributed by atoms with Crippen LogP contribution in [0.15, 0.2) is 68.8 Å². The van der Waals surface area contributed by atoms with Gasteiger partial charge in [-0.1, -0.05) is 35.5 Å². The van der Waals surface area contributed by atoms with Crippen LogP contribution >= 0.6 is 23.4 Å². The Morgan fingerprint density at radius 3 is 2.74 bits per heavy atom. The Balaban J connectivity index is 1.29. The molecule has 0 saturated heterocycles. The molecule has 8 heteroatoms. The minimum absolute atomic E-state index is 0.0411. The van der Waals surface area contributed by atoms with Gasteiger partial charge in [0.2, 0.25) is 5.89 Å². The molecule has 4 rings (SSSR count). The van der Waals surface area contributed by atoms with E-state index in [1.807, 2.05) is 36.4 Å². The average Bonchev–Trinajstić information content (AvgIpc) is 3.32. The van der Waals surface area contributed by atoms with E-state index in [9.17, 15) is 4.79 Å². The Bertz CT molecular complexity index is 1040. The first-order valence-corrected chi connectivity index (χ1v) is 9.38. The number of para-hydroxylation sites is 2. The molecule has 27 heavy (non-hydrogen) atoms. The highest BCUT2D eigenvalue weighted by Crippen LogP contribution is 2.24. The number of nitrogens with zero attached hydrogens (tertiary/aromatic N) is 2. The maximum atomic E-state index is 11.9. The number of carbonyl (C=O) groups excluding carboxylic acids is 1. The number of hydrogen-bond acceptors (Lipinski definition) is 7. The molecule has 0 spiro atoms. The lowest BCUT2D eigenvalue weighted by Crippen LogP contribution is -2.07. The fourth-order valence-corrected chi connectivity index (χ4v) is 3.10. The molecule has 0 atom stereocenters. The normalized spacial score (nSPS) is 11.0. The van der Waals surface area contributed by atoms with Gasteiger partial charge >= 0.3 is 5.97 Å². The minimum Gasteiger partial charge on any atom is -0.455 e. The molecule has 0 aliphatic rings. The highest BCUT2D eigenvalue weighted by molar-refractivity contribution is 7.99. The summed E-state index contributed by atoms with van der Waals surface area (Å²) in [7, 11) is 0. The molecule has 136 valence electrons. The lowest BCUT2D eigenvalue weighted by Gasteiger charge is -2.00. The summed E-state index contributed by atoms with van der Waals surface area (Å²) in [6, 6.07) is 14.6. The second kappa shape index (κ2) is 7.85.